The molecule has 0 fully saturated rings. The van der Waals surface area contributed by atoms with E-state index in [1.807, 2.05) is 33.8 Å². The van der Waals surface area contributed by atoms with E-state index in [4.69, 9.17) is 23.2 Å². The van der Waals surface area contributed by atoms with Gasteiger partial charge in [0, 0.05) is 12.6 Å². The first-order chi connectivity index (χ1) is 18.8. The lowest BCUT2D eigenvalue weighted by Gasteiger charge is -2.33. The Morgan fingerprint density at radius 2 is 1.57 bits per heavy atom. The Morgan fingerprint density at radius 3 is 2.15 bits per heavy atom. The molecule has 0 spiro atoms. The van der Waals surface area contributed by atoms with Crippen LogP contribution < -0.4 is 9.62 Å². The van der Waals surface area contributed by atoms with E-state index in [0.717, 1.165) is 15.4 Å². The normalized spacial score (nSPS) is 12.2. The van der Waals surface area contributed by atoms with Crippen LogP contribution in [0.2, 0.25) is 10.0 Å². The molecule has 40 heavy (non-hydrogen) atoms. The summed E-state index contributed by atoms with van der Waals surface area (Å²) in [6.45, 7) is 8.72. The highest BCUT2D eigenvalue weighted by Crippen LogP contribution is 2.27. The highest BCUT2D eigenvalue weighted by molar-refractivity contribution is 7.92. The van der Waals surface area contributed by atoms with E-state index in [2.05, 4.69) is 5.32 Å². The molecule has 3 aromatic carbocycles. The fraction of sp³-hybridized carbons (Fsp3) is 0.333. The lowest BCUT2D eigenvalue weighted by Crippen LogP contribution is -2.53. The predicted octanol–water partition coefficient (Wildman–Crippen LogP) is 6.14. The minimum Gasteiger partial charge on any atom is -0.352 e. The van der Waals surface area contributed by atoms with Gasteiger partial charge in [-0.05, 0) is 81.6 Å². The van der Waals surface area contributed by atoms with Gasteiger partial charge in [-0.2, -0.15) is 0 Å². The second-order valence-corrected chi connectivity index (χ2v) is 12.7. The standard InChI is InChI=1S/C30H35Cl2N3O4S/c1-6-28(30(37)33-20(2)3)34(18-23-12-15-26(31)27(32)17-23)29(36)19-35(24-9-7-8-22(5)16-24)40(38,39)25-13-10-21(4)11-14-25/h7-17,20,28H,6,18-19H2,1-5H3,(H,33,37)/t28-/m1/s1. The van der Waals surface area contributed by atoms with Crippen molar-refractivity contribution in [3.8, 4) is 0 Å². The number of amides is 2. The summed E-state index contributed by atoms with van der Waals surface area (Å²) in [5.41, 5.74) is 2.75. The fourth-order valence-electron chi connectivity index (χ4n) is 4.28. The van der Waals surface area contributed by atoms with E-state index < -0.39 is 28.5 Å². The van der Waals surface area contributed by atoms with Crippen LogP contribution in [0.1, 0.15) is 43.9 Å². The highest BCUT2D eigenvalue weighted by Gasteiger charge is 2.34. The number of rotatable bonds is 11. The maximum Gasteiger partial charge on any atom is 0.264 e. The predicted molar refractivity (Wildman–Crippen MR) is 161 cm³/mol. The molecule has 0 aliphatic heterocycles. The number of hydrogen-bond acceptors (Lipinski definition) is 4. The topological polar surface area (TPSA) is 86.8 Å². The van der Waals surface area contributed by atoms with E-state index in [-0.39, 0.29) is 23.4 Å². The Balaban J connectivity index is 2.08. The average Bonchev–Trinajstić information content (AvgIpc) is 2.88. The number of carbonyl (C=O) groups is 2. The van der Waals surface area contributed by atoms with Gasteiger partial charge in [0.2, 0.25) is 11.8 Å². The molecule has 0 unspecified atom stereocenters. The number of hydrogen-bond donors (Lipinski definition) is 1. The molecule has 214 valence electrons. The fourth-order valence-corrected chi connectivity index (χ4v) is 6.01. The Bertz CT molecular complexity index is 1460. The summed E-state index contributed by atoms with van der Waals surface area (Å²) in [5.74, 6) is -0.858. The van der Waals surface area contributed by atoms with Gasteiger partial charge in [0.25, 0.3) is 10.0 Å². The van der Waals surface area contributed by atoms with Crippen LogP contribution in [0.15, 0.2) is 71.6 Å². The maximum absolute atomic E-state index is 14.1. The van der Waals surface area contributed by atoms with Crippen LogP contribution in [-0.2, 0) is 26.2 Å². The lowest BCUT2D eigenvalue weighted by molar-refractivity contribution is -0.140. The molecular formula is C30H35Cl2N3O4S. The van der Waals surface area contributed by atoms with Crippen molar-refractivity contribution in [1.29, 1.82) is 0 Å². The summed E-state index contributed by atoms with van der Waals surface area (Å²) in [6.07, 6.45) is 0.320. The molecule has 0 radical (unpaired) electrons. The number of benzene rings is 3. The van der Waals surface area contributed by atoms with Crippen LogP contribution in [0.3, 0.4) is 0 Å². The lowest BCUT2D eigenvalue weighted by atomic mass is 10.1. The Morgan fingerprint density at radius 1 is 0.900 bits per heavy atom. The van der Waals surface area contributed by atoms with Crippen LogP contribution in [0.5, 0.6) is 0 Å². The molecule has 0 saturated heterocycles. The molecule has 2 amide bonds. The molecule has 10 heteroatoms. The first kappa shape index (κ1) is 31.5. The van der Waals surface area contributed by atoms with Gasteiger partial charge in [0.1, 0.15) is 12.6 Å². The molecule has 1 atom stereocenters. The first-order valence-corrected chi connectivity index (χ1v) is 15.2. The Hall–Kier alpha value is -3.07. The largest absolute Gasteiger partial charge is 0.352 e. The summed E-state index contributed by atoms with van der Waals surface area (Å²) in [6, 6.07) is 17.4. The van der Waals surface area contributed by atoms with E-state index in [9.17, 15) is 18.0 Å². The van der Waals surface area contributed by atoms with Crippen LogP contribution in [-0.4, -0.2) is 43.8 Å². The van der Waals surface area contributed by atoms with Gasteiger partial charge >= 0.3 is 0 Å². The van der Waals surface area contributed by atoms with Crippen LogP contribution in [0.25, 0.3) is 0 Å². The molecule has 0 bridgehead atoms. The number of anilines is 1. The molecule has 0 aromatic heterocycles. The number of nitrogens with one attached hydrogen (secondary N) is 1. The molecule has 0 saturated carbocycles. The van der Waals surface area contributed by atoms with E-state index >= 15 is 0 Å². The number of nitrogens with zero attached hydrogens (tertiary/aromatic N) is 2. The van der Waals surface area contributed by atoms with Crippen molar-refractivity contribution in [2.45, 2.75) is 64.6 Å². The number of halogens is 2. The summed E-state index contributed by atoms with van der Waals surface area (Å²) in [5, 5.41) is 3.56. The van der Waals surface area contributed by atoms with Crippen molar-refractivity contribution in [2.24, 2.45) is 0 Å². The monoisotopic (exact) mass is 603 g/mol. The van der Waals surface area contributed by atoms with Gasteiger partial charge in [-0.25, -0.2) is 8.42 Å². The van der Waals surface area contributed by atoms with Crippen LogP contribution >= 0.6 is 23.2 Å². The second kappa shape index (κ2) is 13.5. The van der Waals surface area contributed by atoms with Gasteiger partial charge in [-0.3, -0.25) is 13.9 Å². The van der Waals surface area contributed by atoms with Crippen molar-refractivity contribution >= 4 is 50.7 Å². The average molecular weight is 605 g/mol. The molecule has 1 N–H and O–H groups in total. The van der Waals surface area contributed by atoms with Gasteiger partial charge < -0.3 is 10.2 Å². The Labute approximate surface area is 247 Å². The molecule has 7 nitrogen and oxygen atoms in total. The van der Waals surface area contributed by atoms with Crippen molar-refractivity contribution in [3.63, 3.8) is 0 Å². The molecule has 3 rings (SSSR count). The third-order valence-corrected chi connectivity index (χ3v) is 8.86. The van der Waals surface area contributed by atoms with Gasteiger partial charge in [0.15, 0.2) is 0 Å². The van der Waals surface area contributed by atoms with Gasteiger partial charge in [-0.15, -0.1) is 0 Å². The number of aryl methyl sites for hydroxylation is 2. The molecule has 0 aliphatic carbocycles. The molecule has 0 heterocycles. The Kier molecular flexibility index (Phi) is 10.6. The van der Waals surface area contributed by atoms with E-state index in [1.54, 1.807) is 55.5 Å². The van der Waals surface area contributed by atoms with Crippen molar-refractivity contribution < 1.29 is 18.0 Å². The third-order valence-electron chi connectivity index (χ3n) is 6.33. The second-order valence-electron chi connectivity index (χ2n) is 10.0. The SMILES string of the molecule is CC[C@H](C(=O)NC(C)C)N(Cc1ccc(Cl)c(Cl)c1)C(=O)CN(c1cccc(C)c1)S(=O)(=O)c1ccc(C)cc1. The quantitative estimate of drug-likeness (QED) is 0.285. The minimum atomic E-state index is -4.13. The summed E-state index contributed by atoms with van der Waals surface area (Å²) in [4.78, 5) is 28.8. The van der Waals surface area contributed by atoms with E-state index in [0.29, 0.717) is 27.7 Å². The molecule has 0 aliphatic rings. The minimum absolute atomic E-state index is 0.0337. The first-order valence-electron chi connectivity index (χ1n) is 13.0. The molecule has 3 aromatic rings. The highest BCUT2D eigenvalue weighted by atomic mass is 35.5. The number of sulfonamides is 1. The summed E-state index contributed by atoms with van der Waals surface area (Å²) >= 11 is 12.3. The van der Waals surface area contributed by atoms with Gasteiger partial charge in [-0.1, -0.05) is 66.0 Å². The van der Waals surface area contributed by atoms with Gasteiger partial charge in [0.05, 0.1) is 20.6 Å². The van der Waals surface area contributed by atoms with Crippen molar-refractivity contribution in [3.05, 3.63) is 93.5 Å². The zero-order valence-electron chi connectivity index (χ0n) is 23.3. The zero-order chi connectivity index (χ0) is 29.6. The summed E-state index contributed by atoms with van der Waals surface area (Å²) < 4.78 is 28.9. The van der Waals surface area contributed by atoms with Crippen molar-refractivity contribution in [2.75, 3.05) is 10.8 Å². The van der Waals surface area contributed by atoms with Crippen LogP contribution in [0.4, 0.5) is 5.69 Å². The number of carbonyl (C=O) groups excluding carboxylic acids is 2. The van der Waals surface area contributed by atoms with E-state index in [1.165, 1.54) is 17.0 Å². The zero-order valence-corrected chi connectivity index (χ0v) is 25.6. The van der Waals surface area contributed by atoms with Crippen LogP contribution in [0, 0.1) is 13.8 Å². The maximum atomic E-state index is 14.1. The third kappa shape index (κ3) is 7.77. The summed E-state index contributed by atoms with van der Waals surface area (Å²) in [7, 11) is -4.13. The smallest absolute Gasteiger partial charge is 0.264 e. The van der Waals surface area contributed by atoms with Crippen molar-refractivity contribution in [1.82, 2.24) is 10.2 Å². The molecular weight excluding hydrogens is 569 g/mol.